The number of aliphatic hydroxyl groups excluding tert-OH is 2. The average Bonchev–Trinajstić information content (AvgIpc) is 2.33. The summed E-state index contributed by atoms with van der Waals surface area (Å²) in [5.74, 6) is 0. The second-order valence-corrected chi connectivity index (χ2v) is 3.39. The van der Waals surface area contributed by atoms with Gasteiger partial charge in [-0.3, -0.25) is 0 Å². The Kier molecular flexibility index (Phi) is 18.1. The number of aliphatic hydroxyl groups is 2. The Balaban J connectivity index is 0. The van der Waals surface area contributed by atoms with Crippen LogP contribution in [0.25, 0.3) is 0 Å². The lowest BCUT2D eigenvalue weighted by atomic mass is 10.2. The Morgan fingerprint density at radius 2 is 1.35 bits per heavy atom. The van der Waals surface area contributed by atoms with Gasteiger partial charge >= 0.3 is 0 Å². The van der Waals surface area contributed by atoms with E-state index in [9.17, 15) is 9.59 Å². The molecule has 0 saturated heterocycles. The zero-order chi connectivity index (χ0) is 13.4. The summed E-state index contributed by atoms with van der Waals surface area (Å²) in [6.45, 7) is 2.50. The second-order valence-electron chi connectivity index (χ2n) is 3.39. The number of nitrogens with zero attached hydrogens (tertiary/aromatic N) is 2. The van der Waals surface area contributed by atoms with Crippen LogP contribution in [0.4, 0.5) is 0 Å². The fraction of sp³-hybridized carbons (Fsp3) is 0.818. The first kappa shape index (κ1) is 18.1. The van der Waals surface area contributed by atoms with Crippen LogP contribution in [-0.2, 0) is 9.59 Å². The molecule has 17 heavy (non-hydrogen) atoms. The smallest absolute Gasteiger partial charge is 0.234 e. The van der Waals surface area contributed by atoms with Crippen molar-refractivity contribution in [2.24, 2.45) is 9.98 Å². The SMILES string of the molecule is CC(O)CO.O=C=NCCCCCCN=C=O. The van der Waals surface area contributed by atoms with E-state index >= 15 is 0 Å². The lowest BCUT2D eigenvalue weighted by molar-refractivity contribution is 0.110. The molecule has 0 aromatic carbocycles. The van der Waals surface area contributed by atoms with E-state index in [0.29, 0.717) is 13.1 Å². The van der Waals surface area contributed by atoms with Crippen LogP contribution < -0.4 is 0 Å². The van der Waals surface area contributed by atoms with Gasteiger partial charge in [0.1, 0.15) is 0 Å². The Morgan fingerprint density at radius 3 is 1.59 bits per heavy atom. The van der Waals surface area contributed by atoms with Crippen molar-refractivity contribution < 1.29 is 19.8 Å². The van der Waals surface area contributed by atoms with E-state index in [1.807, 2.05) is 0 Å². The molecular formula is C11H20N2O4. The fourth-order valence-electron chi connectivity index (χ4n) is 0.827. The second kappa shape index (κ2) is 17.1. The van der Waals surface area contributed by atoms with E-state index in [4.69, 9.17) is 10.2 Å². The highest BCUT2D eigenvalue weighted by molar-refractivity contribution is 5.32. The number of carbonyl (C=O) groups excluding carboxylic acids is 2. The molecule has 0 radical (unpaired) electrons. The van der Waals surface area contributed by atoms with E-state index in [0.717, 1.165) is 25.7 Å². The number of isocyanates is 2. The Morgan fingerprint density at radius 1 is 1.00 bits per heavy atom. The number of rotatable bonds is 8. The first-order chi connectivity index (χ1) is 8.18. The maximum Gasteiger partial charge on any atom is 0.234 e. The molecule has 0 amide bonds. The predicted octanol–water partition coefficient (Wildman–Crippen LogP) is 0.578. The summed E-state index contributed by atoms with van der Waals surface area (Å²) in [4.78, 5) is 26.1. The van der Waals surface area contributed by atoms with Gasteiger partial charge in [0, 0.05) is 0 Å². The molecule has 1 unspecified atom stereocenters. The molecule has 0 fully saturated rings. The third kappa shape index (κ3) is 25.2. The summed E-state index contributed by atoms with van der Waals surface area (Å²) in [6.07, 6.45) is 6.24. The lowest BCUT2D eigenvalue weighted by Gasteiger charge is -1.93. The standard InChI is InChI=1S/C8H12N2O2.C3H8O2/c11-7-9-5-3-1-2-4-6-10-8-12;1-3(5)2-4/h1-6H2;3-5H,2H2,1H3. The summed E-state index contributed by atoms with van der Waals surface area (Å²) >= 11 is 0. The highest BCUT2D eigenvalue weighted by Gasteiger charge is 1.87. The van der Waals surface area contributed by atoms with Gasteiger partial charge in [0.05, 0.1) is 25.8 Å². The quantitative estimate of drug-likeness (QED) is 0.370. The molecule has 0 aliphatic heterocycles. The molecule has 1 atom stereocenters. The zero-order valence-electron chi connectivity index (χ0n) is 10.1. The summed E-state index contributed by atoms with van der Waals surface area (Å²) in [5.41, 5.74) is 0. The van der Waals surface area contributed by atoms with Gasteiger partial charge in [-0.25, -0.2) is 19.6 Å². The molecule has 0 aliphatic rings. The molecule has 0 heterocycles. The van der Waals surface area contributed by atoms with Gasteiger partial charge in [0.15, 0.2) is 0 Å². The number of hydrogen-bond acceptors (Lipinski definition) is 6. The van der Waals surface area contributed by atoms with Crippen molar-refractivity contribution in [3.63, 3.8) is 0 Å². The van der Waals surface area contributed by atoms with Crippen molar-refractivity contribution in [1.29, 1.82) is 0 Å². The minimum absolute atomic E-state index is 0.139. The molecule has 98 valence electrons. The Bertz CT molecular complexity index is 222. The van der Waals surface area contributed by atoms with Gasteiger partial charge in [-0.2, -0.15) is 0 Å². The van der Waals surface area contributed by atoms with Gasteiger partial charge in [0.2, 0.25) is 12.2 Å². The van der Waals surface area contributed by atoms with Crippen LogP contribution in [-0.4, -0.2) is 48.2 Å². The highest BCUT2D eigenvalue weighted by atomic mass is 16.3. The van der Waals surface area contributed by atoms with Gasteiger partial charge < -0.3 is 10.2 Å². The van der Waals surface area contributed by atoms with Crippen molar-refractivity contribution in [2.45, 2.75) is 38.7 Å². The molecule has 0 saturated carbocycles. The van der Waals surface area contributed by atoms with Crippen LogP contribution in [0.15, 0.2) is 9.98 Å². The predicted molar refractivity (Wildman–Crippen MR) is 63.2 cm³/mol. The van der Waals surface area contributed by atoms with Gasteiger partial charge in [-0.15, -0.1) is 0 Å². The zero-order valence-corrected chi connectivity index (χ0v) is 10.1. The van der Waals surface area contributed by atoms with Crippen molar-refractivity contribution in [2.75, 3.05) is 19.7 Å². The Hall–Kier alpha value is -1.32. The van der Waals surface area contributed by atoms with E-state index in [-0.39, 0.29) is 6.61 Å². The van der Waals surface area contributed by atoms with E-state index in [2.05, 4.69) is 9.98 Å². The topological polar surface area (TPSA) is 99.3 Å². The van der Waals surface area contributed by atoms with E-state index < -0.39 is 6.10 Å². The van der Waals surface area contributed by atoms with Gasteiger partial charge in [0.25, 0.3) is 0 Å². The molecular weight excluding hydrogens is 224 g/mol. The largest absolute Gasteiger partial charge is 0.394 e. The normalized spacial score (nSPS) is 10.3. The molecule has 0 spiro atoms. The lowest BCUT2D eigenvalue weighted by Crippen LogP contribution is -2.03. The van der Waals surface area contributed by atoms with Crippen molar-refractivity contribution in [3.05, 3.63) is 0 Å². The molecule has 0 aliphatic carbocycles. The third-order valence-electron chi connectivity index (χ3n) is 1.68. The molecule has 6 heteroatoms. The summed E-state index contributed by atoms with van der Waals surface area (Å²) < 4.78 is 0. The van der Waals surface area contributed by atoms with Crippen LogP contribution in [0.1, 0.15) is 32.6 Å². The van der Waals surface area contributed by atoms with Crippen LogP contribution in [0, 0.1) is 0 Å². The monoisotopic (exact) mass is 244 g/mol. The first-order valence-corrected chi connectivity index (χ1v) is 5.55. The first-order valence-electron chi connectivity index (χ1n) is 5.55. The minimum atomic E-state index is -0.560. The summed E-state index contributed by atoms with van der Waals surface area (Å²) in [5, 5.41) is 16.0. The van der Waals surface area contributed by atoms with Crippen molar-refractivity contribution in [1.82, 2.24) is 0 Å². The molecule has 2 N–H and O–H groups in total. The Labute approximate surface area is 101 Å². The van der Waals surface area contributed by atoms with E-state index in [1.165, 1.54) is 19.1 Å². The average molecular weight is 244 g/mol. The van der Waals surface area contributed by atoms with Crippen molar-refractivity contribution >= 4 is 12.2 Å². The van der Waals surface area contributed by atoms with Gasteiger partial charge in [-0.1, -0.05) is 12.8 Å². The maximum absolute atomic E-state index is 9.63. The van der Waals surface area contributed by atoms with Crippen LogP contribution in [0.3, 0.4) is 0 Å². The van der Waals surface area contributed by atoms with Gasteiger partial charge in [-0.05, 0) is 19.8 Å². The van der Waals surface area contributed by atoms with Crippen molar-refractivity contribution in [3.8, 4) is 0 Å². The highest BCUT2D eigenvalue weighted by Crippen LogP contribution is 1.99. The molecule has 6 nitrogen and oxygen atoms in total. The maximum atomic E-state index is 9.63. The molecule has 0 aromatic rings. The number of unbranched alkanes of at least 4 members (excludes halogenated alkanes) is 3. The van der Waals surface area contributed by atoms with Crippen LogP contribution in [0.5, 0.6) is 0 Å². The minimum Gasteiger partial charge on any atom is -0.394 e. The summed E-state index contributed by atoms with van der Waals surface area (Å²) in [7, 11) is 0. The molecule has 0 rings (SSSR count). The van der Waals surface area contributed by atoms with E-state index in [1.54, 1.807) is 0 Å². The van der Waals surface area contributed by atoms with Crippen LogP contribution >= 0.6 is 0 Å². The van der Waals surface area contributed by atoms with Crippen LogP contribution in [0.2, 0.25) is 0 Å². The number of hydrogen-bond donors (Lipinski definition) is 2. The third-order valence-corrected chi connectivity index (χ3v) is 1.68. The molecule has 0 bridgehead atoms. The summed E-state index contributed by atoms with van der Waals surface area (Å²) in [6, 6.07) is 0. The molecule has 0 aromatic heterocycles. The fourth-order valence-corrected chi connectivity index (χ4v) is 0.827. The number of aliphatic imine (C=N–C) groups is 2.